The fraction of sp³-hybridized carbons (Fsp3) is 0.440. The summed E-state index contributed by atoms with van der Waals surface area (Å²) >= 11 is 1.58. The molecule has 190 valence electrons. The van der Waals surface area contributed by atoms with Gasteiger partial charge in [0.15, 0.2) is 0 Å². The minimum Gasteiger partial charge on any atom is -0.468 e. The predicted molar refractivity (Wildman–Crippen MR) is 134 cm³/mol. The van der Waals surface area contributed by atoms with Crippen LogP contribution in [0.3, 0.4) is 0 Å². The Balaban J connectivity index is 1.66. The number of hydrogen-bond acceptors (Lipinski definition) is 10. The number of aromatic nitrogens is 1. The van der Waals surface area contributed by atoms with Gasteiger partial charge in [0, 0.05) is 60.5 Å². The summed E-state index contributed by atoms with van der Waals surface area (Å²) in [5.74, 6) is -2.92. The van der Waals surface area contributed by atoms with Crippen molar-refractivity contribution in [3.05, 3.63) is 67.8 Å². The highest BCUT2D eigenvalue weighted by molar-refractivity contribution is 7.09. The van der Waals surface area contributed by atoms with Crippen LogP contribution in [0.1, 0.15) is 43.7 Å². The number of likely N-dealkylation sites (tertiary alicyclic amines) is 1. The average Bonchev–Trinajstić information content (AvgIpc) is 3.47. The maximum absolute atomic E-state index is 13.7. The molecular weight excluding hydrogens is 484 g/mol. The summed E-state index contributed by atoms with van der Waals surface area (Å²) in [4.78, 5) is 48.5. The Labute approximate surface area is 212 Å². The Morgan fingerprint density at radius 2 is 2.11 bits per heavy atom. The van der Waals surface area contributed by atoms with Gasteiger partial charge in [-0.15, -0.1) is 11.3 Å². The van der Waals surface area contributed by atoms with E-state index in [0.29, 0.717) is 36.5 Å². The molecule has 1 aromatic heterocycles. The van der Waals surface area contributed by atoms with Crippen molar-refractivity contribution in [2.24, 2.45) is 10.9 Å². The van der Waals surface area contributed by atoms with Crippen molar-refractivity contribution in [2.75, 3.05) is 20.2 Å². The van der Waals surface area contributed by atoms with Crippen molar-refractivity contribution >= 4 is 34.7 Å². The lowest BCUT2D eigenvalue weighted by Gasteiger charge is -2.33. The standard InChI is InChI=1S/C25H28N4O6S/c1-15-20(23(30)34-4)22(17-6-5-7-18(12-17)29(32)33)21(16(2)27-15)24(31)35-25(3)8-10-28(14-25)13-19-26-9-11-36-19/h5-7,9,11-12,20,22H,8,10,13-14H2,1-4H3. The van der Waals surface area contributed by atoms with Crippen molar-refractivity contribution in [1.29, 1.82) is 0 Å². The number of rotatable bonds is 7. The molecule has 3 atom stereocenters. The van der Waals surface area contributed by atoms with Gasteiger partial charge in [-0.25, -0.2) is 9.78 Å². The number of nitro benzene ring substituents is 1. The second-order valence-corrected chi connectivity index (χ2v) is 10.3. The third-order valence-electron chi connectivity index (χ3n) is 6.64. The fourth-order valence-corrected chi connectivity index (χ4v) is 5.63. The zero-order valence-electron chi connectivity index (χ0n) is 20.6. The Bertz CT molecular complexity index is 1240. The van der Waals surface area contributed by atoms with Crippen LogP contribution in [0.2, 0.25) is 0 Å². The molecule has 3 unspecified atom stereocenters. The van der Waals surface area contributed by atoms with Crippen LogP contribution in [-0.4, -0.2) is 58.3 Å². The van der Waals surface area contributed by atoms with Crippen molar-refractivity contribution in [3.8, 4) is 0 Å². The first-order valence-electron chi connectivity index (χ1n) is 11.5. The molecule has 0 radical (unpaired) electrons. The van der Waals surface area contributed by atoms with Gasteiger partial charge in [-0.1, -0.05) is 12.1 Å². The lowest BCUT2D eigenvalue weighted by atomic mass is 9.75. The molecule has 10 nitrogen and oxygen atoms in total. The fourth-order valence-electron chi connectivity index (χ4n) is 4.97. The first-order valence-corrected chi connectivity index (χ1v) is 12.4. The van der Waals surface area contributed by atoms with Gasteiger partial charge in [0.05, 0.1) is 24.2 Å². The molecule has 11 heteroatoms. The number of nitro groups is 1. The van der Waals surface area contributed by atoms with Crippen LogP contribution in [0.15, 0.2) is 52.1 Å². The van der Waals surface area contributed by atoms with Crippen LogP contribution >= 0.6 is 11.3 Å². The number of carbonyl (C=O) groups is 2. The molecule has 0 N–H and O–H groups in total. The summed E-state index contributed by atoms with van der Waals surface area (Å²) in [5, 5.41) is 14.4. The van der Waals surface area contributed by atoms with Crippen LogP contribution in [0.4, 0.5) is 5.69 Å². The monoisotopic (exact) mass is 512 g/mol. The molecule has 0 amide bonds. The van der Waals surface area contributed by atoms with Gasteiger partial charge in [-0.3, -0.25) is 24.8 Å². The van der Waals surface area contributed by atoms with Gasteiger partial charge < -0.3 is 9.47 Å². The highest BCUT2D eigenvalue weighted by Crippen LogP contribution is 2.42. The number of benzene rings is 1. The summed E-state index contributed by atoms with van der Waals surface area (Å²) in [5.41, 5.74) is 0.649. The smallest absolute Gasteiger partial charge is 0.337 e. The highest BCUT2D eigenvalue weighted by Gasteiger charge is 2.45. The van der Waals surface area contributed by atoms with Crippen LogP contribution in [0.5, 0.6) is 0 Å². The minimum atomic E-state index is -0.916. The van der Waals surface area contributed by atoms with Gasteiger partial charge in [-0.05, 0) is 26.3 Å². The van der Waals surface area contributed by atoms with Gasteiger partial charge in [0.1, 0.15) is 16.5 Å². The number of esters is 2. The second kappa shape index (κ2) is 10.3. The Hall–Kier alpha value is -3.44. The molecule has 0 saturated carbocycles. The van der Waals surface area contributed by atoms with E-state index >= 15 is 0 Å². The van der Waals surface area contributed by atoms with Gasteiger partial charge in [-0.2, -0.15) is 0 Å². The molecule has 2 aliphatic rings. The normalized spacial score (nSPS) is 24.4. The number of nitrogens with zero attached hydrogens (tertiary/aromatic N) is 4. The van der Waals surface area contributed by atoms with Crippen molar-refractivity contribution in [2.45, 2.75) is 45.3 Å². The topological polar surface area (TPSA) is 124 Å². The third-order valence-corrected chi connectivity index (χ3v) is 7.40. The van der Waals surface area contributed by atoms with E-state index in [1.807, 2.05) is 12.3 Å². The molecule has 1 fully saturated rings. The van der Waals surface area contributed by atoms with Gasteiger partial charge >= 0.3 is 11.9 Å². The molecule has 2 aromatic rings. The molecule has 1 saturated heterocycles. The first-order chi connectivity index (χ1) is 17.1. The largest absolute Gasteiger partial charge is 0.468 e. The number of thiazole rings is 1. The number of allylic oxidation sites excluding steroid dienone is 1. The molecule has 1 aromatic carbocycles. The molecule has 0 aliphatic carbocycles. The van der Waals surface area contributed by atoms with Crippen molar-refractivity contribution < 1.29 is 24.0 Å². The van der Waals surface area contributed by atoms with E-state index in [4.69, 9.17) is 9.47 Å². The van der Waals surface area contributed by atoms with Gasteiger partial charge in [0.25, 0.3) is 5.69 Å². The number of aliphatic imine (C=N–C) groups is 1. The summed E-state index contributed by atoms with van der Waals surface area (Å²) < 4.78 is 11.1. The zero-order chi connectivity index (χ0) is 26.0. The van der Waals surface area contributed by atoms with E-state index in [1.165, 1.54) is 25.3 Å². The molecular formula is C25H28N4O6S. The highest BCUT2D eigenvalue weighted by atomic mass is 32.1. The second-order valence-electron chi connectivity index (χ2n) is 9.31. The molecule has 2 aliphatic heterocycles. The number of ether oxygens (including phenoxy) is 2. The Morgan fingerprint density at radius 1 is 1.33 bits per heavy atom. The summed E-state index contributed by atoms with van der Waals surface area (Å²) in [6, 6.07) is 5.95. The zero-order valence-corrected chi connectivity index (χ0v) is 21.4. The third kappa shape index (κ3) is 5.21. The first kappa shape index (κ1) is 25.6. The molecule has 36 heavy (non-hydrogen) atoms. The lowest BCUT2D eigenvalue weighted by Crippen LogP contribution is -2.40. The summed E-state index contributed by atoms with van der Waals surface area (Å²) in [7, 11) is 1.26. The Kier molecular flexibility index (Phi) is 7.32. The van der Waals surface area contributed by atoms with Crippen LogP contribution in [0, 0.1) is 16.0 Å². The molecule has 4 rings (SSSR count). The van der Waals surface area contributed by atoms with E-state index in [2.05, 4.69) is 14.9 Å². The van der Waals surface area contributed by atoms with Crippen molar-refractivity contribution in [1.82, 2.24) is 9.88 Å². The molecule has 3 heterocycles. The Morgan fingerprint density at radius 3 is 2.78 bits per heavy atom. The van der Waals surface area contributed by atoms with E-state index < -0.39 is 34.3 Å². The summed E-state index contributed by atoms with van der Waals surface area (Å²) in [6.07, 6.45) is 2.41. The SMILES string of the molecule is COC(=O)C1C(C)=NC(C)=C(C(=O)OC2(C)CCN(Cc3nccs3)C2)C1c1cccc([N+](=O)[O-])c1. The van der Waals surface area contributed by atoms with Crippen LogP contribution < -0.4 is 0 Å². The van der Waals surface area contributed by atoms with E-state index in [9.17, 15) is 19.7 Å². The van der Waals surface area contributed by atoms with Crippen LogP contribution in [0.25, 0.3) is 0 Å². The van der Waals surface area contributed by atoms with E-state index in [1.54, 1.807) is 37.4 Å². The lowest BCUT2D eigenvalue weighted by molar-refractivity contribution is -0.384. The van der Waals surface area contributed by atoms with E-state index in [0.717, 1.165) is 11.6 Å². The average molecular weight is 513 g/mol. The maximum atomic E-state index is 13.7. The number of carbonyl (C=O) groups excluding carboxylic acids is 2. The maximum Gasteiger partial charge on any atom is 0.337 e. The molecule has 0 spiro atoms. The van der Waals surface area contributed by atoms with Crippen LogP contribution in [-0.2, 0) is 25.6 Å². The predicted octanol–water partition coefficient (Wildman–Crippen LogP) is 3.88. The quantitative estimate of drug-likeness (QED) is 0.311. The molecule has 0 bridgehead atoms. The minimum absolute atomic E-state index is 0.137. The number of hydrogen-bond donors (Lipinski definition) is 0. The number of non-ortho nitro benzene ring substituents is 1. The number of methoxy groups -OCH3 is 1. The van der Waals surface area contributed by atoms with Gasteiger partial charge in [0.2, 0.25) is 0 Å². The summed E-state index contributed by atoms with van der Waals surface area (Å²) in [6.45, 7) is 7.22. The van der Waals surface area contributed by atoms with Crippen molar-refractivity contribution in [3.63, 3.8) is 0 Å². The van der Waals surface area contributed by atoms with E-state index in [-0.39, 0.29) is 11.3 Å².